The monoisotopic (exact) mass is 1020 g/mol. The van der Waals surface area contributed by atoms with Crippen LogP contribution in [-0.4, -0.2) is 106 Å². The first-order valence-corrected chi connectivity index (χ1v) is 24.9. The lowest BCUT2D eigenvalue weighted by Gasteiger charge is -2.71. The van der Waals surface area contributed by atoms with Crippen LogP contribution in [0.5, 0.6) is 0 Å². The summed E-state index contributed by atoms with van der Waals surface area (Å²) < 4.78 is 68.9. The summed E-state index contributed by atoms with van der Waals surface area (Å²) in [4.78, 5) is 88.6. The van der Waals surface area contributed by atoms with E-state index in [0.29, 0.717) is 31.2 Å². The molecule has 1 saturated heterocycles. The maximum absolute atomic E-state index is 17.9. The molecule has 20 heteroatoms. The number of carbonyl (C=O) groups is 6. The second-order valence-electron chi connectivity index (χ2n) is 21.2. The molecule has 0 radical (unpaired) electrons. The van der Waals surface area contributed by atoms with Gasteiger partial charge in [-0.05, 0) is 118 Å². The van der Waals surface area contributed by atoms with Gasteiger partial charge in [0.2, 0.25) is 17.7 Å². The van der Waals surface area contributed by atoms with Crippen LogP contribution in [0.15, 0.2) is 48.1 Å². The number of alkyl halides is 3. The summed E-state index contributed by atoms with van der Waals surface area (Å²) in [6, 6.07) is 6.36. The van der Waals surface area contributed by atoms with Gasteiger partial charge in [-0.25, -0.2) is 8.78 Å². The smallest absolute Gasteiger partial charge is 0.488 e. The second-order valence-corrected chi connectivity index (χ2v) is 22.5. The Bertz CT molecular complexity index is 2310. The average molecular weight is 1020 g/mol. The van der Waals surface area contributed by atoms with E-state index < -0.39 is 126 Å². The van der Waals surface area contributed by atoms with Gasteiger partial charge in [0.05, 0.1) is 24.1 Å². The molecule has 8 aliphatic rings. The Labute approximate surface area is 396 Å². The minimum Gasteiger partial charge on any atom is -0.566 e. The van der Waals surface area contributed by atoms with E-state index in [2.05, 4.69) is 31.9 Å². The van der Waals surface area contributed by atoms with Crippen LogP contribution in [0.2, 0.25) is 0 Å². The predicted molar refractivity (Wildman–Crippen MR) is 235 cm³/mol. The Morgan fingerprint density at radius 3 is 2.39 bits per heavy atom. The van der Waals surface area contributed by atoms with Crippen LogP contribution in [0, 0.1) is 28.1 Å². The number of carbonyl (C=O) groups excluding carboxylic acids is 6. The van der Waals surface area contributed by atoms with Crippen LogP contribution in [0.1, 0.15) is 103 Å². The number of aliphatic hydroxyl groups excluding tert-OH is 1. The molecule has 364 valence electrons. The number of nitrogens with one attached hydrogen (secondary N) is 3. The highest BCUT2D eigenvalue weighted by atomic mass is 79.9. The SMILES string of the molecule is CC(C)(C)OC(=O)CC[C@H](NC(=O)CNC(=O)CBr)C(=O)NC12CC(Cc3ccc([C@@H]4O[C@@H]5C[C@H]6[C@@H]7C[C@H](F)C8=CC(=O)C=C[C@]8(C)[C@@]7(F)[C@@H](O)C[C@]6(C)[C@]5(C(=O)CO[P+](=O)[O-])O4)cc3)(C1)C2. The zero-order chi connectivity index (χ0) is 48.7. The molecule has 1 unspecified atom stereocenters. The second kappa shape index (κ2) is 17.5. The number of rotatable bonds is 16. The fourth-order valence-electron chi connectivity index (χ4n) is 13.1. The first-order chi connectivity index (χ1) is 31.3. The predicted octanol–water partition coefficient (Wildman–Crippen LogP) is 4.07. The quantitative estimate of drug-likeness (QED) is 0.104. The normalized spacial score (nSPS) is 38.3. The highest BCUT2D eigenvalue weighted by molar-refractivity contribution is 9.09. The van der Waals surface area contributed by atoms with Gasteiger partial charge in [-0.3, -0.25) is 28.8 Å². The number of halogens is 3. The Hall–Kier alpha value is -3.84. The molecule has 1 aromatic carbocycles. The van der Waals surface area contributed by atoms with Gasteiger partial charge in [-0.1, -0.05) is 53.2 Å². The first-order valence-electron chi connectivity index (χ1n) is 22.7. The molecule has 9 rings (SSSR count). The van der Waals surface area contributed by atoms with Crippen molar-refractivity contribution in [3.05, 3.63) is 59.2 Å². The van der Waals surface area contributed by atoms with Crippen molar-refractivity contribution in [2.45, 2.75) is 146 Å². The lowest BCUT2D eigenvalue weighted by molar-refractivity contribution is -0.235. The first kappa shape index (κ1) is 49.6. The lowest BCUT2D eigenvalue weighted by Crippen LogP contribution is -2.76. The van der Waals surface area contributed by atoms with Crippen LogP contribution in [0.25, 0.3) is 0 Å². The van der Waals surface area contributed by atoms with E-state index in [-0.39, 0.29) is 55.0 Å². The average Bonchev–Trinajstić information content (AvgIpc) is 3.73. The lowest BCUT2D eigenvalue weighted by atomic mass is 9.38. The Balaban J connectivity index is 0.934. The van der Waals surface area contributed by atoms with Gasteiger partial charge in [-0.15, -0.1) is 4.52 Å². The molecular weight excluding hydrogens is 963 g/mol. The number of fused-ring (bicyclic) bond motifs is 7. The number of esters is 1. The molecule has 1 heterocycles. The Morgan fingerprint density at radius 2 is 1.75 bits per heavy atom. The molecule has 1 aliphatic heterocycles. The fraction of sp³-hybridized carbons (Fsp3) is 0.660. The third-order valence-corrected chi connectivity index (χ3v) is 16.6. The van der Waals surface area contributed by atoms with Crippen LogP contribution in [0.4, 0.5) is 8.78 Å². The molecule has 12 atom stereocenters. The van der Waals surface area contributed by atoms with Crippen molar-refractivity contribution >= 4 is 59.4 Å². The number of Topliss-reactive ketones (excluding diaryl/α,β-unsaturated/α-hetero) is 1. The number of ketones is 2. The highest BCUT2D eigenvalue weighted by Crippen LogP contribution is 2.73. The number of hydrogen-bond donors (Lipinski definition) is 4. The van der Waals surface area contributed by atoms with E-state index in [4.69, 9.17) is 18.7 Å². The van der Waals surface area contributed by atoms with Crippen LogP contribution in [0.3, 0.4) is 0 Å². The van der Waals surface area contributed by atoms with Crippen molar-refractivity contribution in [2.24, 2.45) is 28.1 Å². The van der Waals surface area contributed by atoms with Crippen molar-refractivity contribution in [1.29, 1.82) is 0 Å². The standard InChI is InChI=1S/C47H57BrF2N3O13P/c1-41(2,3)65-38(59)11-10-32(52-37(58)20-51-36(57)19-48)39(60)53-45-22-44(23-45,24-45)17-25-6-8-26(9-7-25)40-64-35-16-28-29-15-31(49)30-14-27(54)12-13-42(30,4)46(29,50)33(55)18-43(28,5)47(35,66-40)34(56)21-63-67(61)62/h6-9,12-14,28-29,31-33,35,40,55H,10-11,15-24H2,1-5H3,(H,51,57)(H,52,58)(H,53,60)/t28-,29-,31-,32-,33-,35+,40+,42-,43-,44?,45?,46-,47+/m0/s1. The van der Waals surface area contributed by atoms with E-state index in [1.807, 2.05) is 12.1 Å². The molecular formula is C47H57BrF2N3O13P. The van der Waals surface area contributed by atoms with Crippen molar-refractivity contribution in [1.82, 2.24) is 16.0 Å². The Morgan fingerprint density at radius 1 is 1.06 bits per heavy atom. The summed E-state index contributed by atoms with van der Waals surface area (Å²) in [7, 11) is -3.43. The van der Waals surface area contributed by atoms with Crippen LogP contribution in [-0.2, 0) is 58.5 Å². The van der Waals surface area contributed by atoms with E-state index in [1.165, 1.54) is 19.1 Å². The summed E-state index contributed by atoms with van der Waals surface area (Å²) in [5.74, 6) is -5.07. The Kier molecular flexibility index (Phi) is 13.0. The van der Waals surface area contributed by atoms with Crippen molar-refractivity contribution in [2.75, 3.05) is 18.5 Å². The van der Waals surface area contributed by atoms with Gasteiger partial charge in [0.15, 0.2) is 35.7 Å². The van der Waals surface area contributed by atoms with Crippen LogP contribution >= 0.6 is 24.2 Å². The number of aliphatic hydroxyl groups is 1. The van der Waals surface area contributed by atoms with Crippen molar-refractivity contribution in [3.8, 4) is 0 Å². The van der Waals surface area contributed by atoms with Crippen molar-refractivity contribution in [3.63, 3.8) is 0 Å². The third kappa shape index (κ3) is 8.56. The molecule has 67 heavy (non-hydrogen) atoms. The van der Waals surface area contributed by atoms with E-state index in [9.17, 15) is 43.3 Å². The molecule has 7 aliphatic carbocycles. The minimum atomic E-state index is -3.43. The summed E-state index contributed by atoms with van der Waals surface area (Å²) in [5, 5.41) is 20.1. The number of ether oxygens (including phenoxy) is 3. The molecule has 16 nitrogen and oxygen atoms in total. The largest absolute Gasteiger partial charge is 0.566 e. The molecule has 0 spiro atoms. The van der Waals surface area contributed by atoms with Gasteiger partial charge in [0, 0.05) is 34.3 Å². The van der Waals surface area contributed by atoms with Gasteiger partial charge in [-0.2, -0.15) is 0 Å². The van der Waals surface area contributed by atoms with E-state index in [0.717, 1.165) is 11.6 Å². The summed E-state index contributed by atoms with van der Waals surface area (Å²) in [5.41, 5.74) is -7.14. The number of hydrogen-bond acceptors (Lipinski definition) is 13. The third-order valence-electron chi connectivity index (χ3n) is 15.7. The van der Waals surface area contributed by atoms with Gasteiger partial charge in [0.1, 0.15) is 17.8 Å². The zero-order valence-electron chi connectivity index (χ0n) is 38.0. The van der Waals surface area contributed by atoms with E-state index >= 15 is 8.78 Å². The molecule has 2 bridgehead atoms. The molecule has 6 saturated carbocycles. The summed E-state index contributed by atoms with van der Waals surface area (Å²) in [6.45, 7) is 7.11. The molecule has 4 N–H and O–H groups in total. The molecule has 7 fully saturated rings. The number of allylic oxidation sites excluding steroid dienone is 4. The highest BCUT2D eigenvalue weighted by Gasteiger charge is 2.80. The maximum atomic E-state index is 17.9. The maximum Gasteiger partial charge on any atom is 0.488 e. The minimum absolute atomic E-state index is 0.00263. The van der Waals surface area contributed by atoms with Gasteiger partial charge < -0.3 is 40.2 Å². The molecule has 3 amide bonds. The van der Waals surface area contributed by atoms with E-state index in [1.54, 1.807) is 39.8 Å². The fourth-order valence-corrected chi connectivity index (χ4v) is 13.5. The molecule has 1 aromatic rings. The summed E-state index contributed by atoms with van der Waals surface area (Å²) >= 11 is 3.02. The topological polar surface area (TPSA) is 236 Å². The van der Waals surface area contributed by atoms with Crippen LogP contribution < -0.4 is 20.8 Å². The summed E-state index contributed by atoms with van der Waals surface area (Å²) in [6.07, 6.45) is -0.00186. The van der Waals surface area contributed by atoms with Gasteiger partial charge in [0.25, 0.3) is 0 Å². The van der Waals surface area contributed by atoms with Gasteiger partial charge >= 0.3 is 14.2 Å². The number of benzene rings is 1. The number of amides is 3. The van der Waals surface area contributed by atoms with Crippen molar-refractivity contribution < 1.29 is 70.8 Å². The zero-order valence-corrected chi connectivity index (χ0v) is 40.5. The molecule has 0 aromatic heterocycles.